The minimum Gasteiger partial charge on any atom is -0.368 e. The van der Waals surface area contributed by atoms with Gasteiger partial charge in [0.15, 0.2) is 5.78 Å². The number of anilines is 2. The molecule has 6 nitrogen and oxygen atoms in total. The molecule has 0 radical (unpaired) electrons. The maximum absolute atomic E-state index is 14.4. The number of carbonyl (C=O) groups is 2. The number of benzene rings is 3. The van der Waals surface area contributed by atoms with E-state index in [4.69, 9.17) is 11.6 Å². The number of ketones is 1. The lowest BCUT2D eigenvalue weighted by atomic mass is 10.0. The Morgan fingerprint density at radius 1 is 0.914 bits per heavy atom. The summed E-state index contributed by atoms with van der Waals surface area (Å²) in [4.78, 5) is 32.5. The number of hydrogen-bond donors (Lipinski definition) is 2. The predicted molar refractivity (Wildman–Crippen MR) is 136 cm³/mol. The summed E-state index contributed by atoms with van der Waals surface area (Å²) >= 11 is 5.87. The predicted octanol–water partition coefficient (Wildman–Crippen LogP) is 4.92. The fraction of sp³-hybridized carbons (Fsp3) is 0.148. The average molecular weight is 489 g/mol. The lowest BCUT2D eigenvalue weighted by molar-refractivity contribution is 0.102. The summed E-state index contributed by atoms with van der Waals surface area (Å²) in [7, 11) is 0. The van der Waals surface area contributed by atoms with E-state index in [1.165, 1.54) is 18.2 Å². The van der Waals surface area contributed by atoms with Crippen molar-refractivity contribution in [2.45, 2.75) is 0 Å². The van der Waals surface area contributed by atoms with Gasteiger partial charge in [-0.15, -0.1) is 0 Å². The van der Waals surface area contributed by atoms with Gasteiger partial charge in [-0.05, 0) is 66.7 Å². The van der Waals surface area contributed by atoms with Gasteiger partial charge in [0.25, 0.3) is 5.91 Å². The van der Waals surface area contributed by atoms with Gasteiger partial charge in [-0.2, -0.15) is 0 Å². The first-order valence-electron chi connectivity index (χ1n) is 11.2. The molecule has 1 amide bonds. The fourth-order valence-corrected chi connectivity index (χ4v) is 4.25. The van der Waals surface area contributed by atoms with Crippen LogP contribution in [-0.4, -0.2) is 42.9 Å². The SMILES string of the molecule is O=C(Nc1cc(F)cc(C(=O)c2ccc3ncc(N4CCNCC4)cc3c2)c1)c1ccc(Cl)cc1. The van der Waals surface area contributed by atoms with E-state index in [0.717, 1.165) is 42.8 Å². The highest BCUT2D eigenvalue weighted by Crippen LogP contribution is 2.24. The Morgan fingerprint density at radius 2 is 1.66 bits per heavy atom. The Balaban J connectivity index is 1.40. The molecule has 4 aromatic rings. The first-order chi connectivity index (χ1) is 17.0. The van der Waals surface area contributed by atoms with E-state index in [-0.39, 0.29) is 17.0 Å². The molecule has 0 bridgehead atoms. The molecule has 2 N–H and O–H groups in total. The second-order valence-corrected chi connectivity index (χ2v) is 8.79. The van der Waals surface area contributed by atoms with Crippen LogP contribution in [0.1, 0.15) is 26.3 Å². The molecule has 1 aliphatic heterocycles. The van der Waals surface area contributed by atoms with Gasteiger partial charge in [0.05, 0.1) is 17.4 Å². The molecule has 1 fully saturated rings. The molecule has 8 heteroatoms. The smallest absolute Gasteiger partial charge is 0.255 e. The number of rotatable bonds is 5. The number of amides is 1. The molecular weight excluding hydrogens is 467 g/mol. The van der Waals surface area contributed by atoms with Crippen molar-refractivity contribution in [2.75, 3.05) is 36.4 Å². The number of fused-ring (bicyclic) bond motifs is 1. The molecule has 176 valence electrons. The number of carbonyl (C=O) groups excluding carboxylic acids is 2. The number of aromatic nitrogens is 1. The lowest BCUT2D eigenvalue weighted by Gasteiger charge is -2.29. The summed E-state index contributed by atoms with van der Waals surface area (Å²) in [6.45, 7) is 3.60. The molecule has 0 atom stereocenters. The maximum atomic E-state index is 14.4. The fourth-order valence-electron chi connectivity index (χ4n) is 4.12. The van der Waals surface area contributed by atoms with Crippen LogP contribution in [0.4, 0.5) is 15.8 Å². The van der Waals surface area contributed by atoms with Gasteiger partial charge < -0.3 is 15.5 Å². The highest BCUT2D eigenvalue weighted by molar-refractivity contribution is 6.30. The topological polar surface area (TPSA) is 74.3 Å². The number of halogens is 2. The summed E-state index contributed by atoms with van der Waals surface area (Å²) in [6, 6.07) is 17.4. The summed E-state index contributed by atoms with van der Waals surface area (Å²) in [5.74, 6) is -1.39. The summed E-state index contributed by atoms with van der Waals surface area (Å²) in [5, 5.41) is 7.31. The second kappa shape index (κ2) is 9.82. The zero-order valence-electron chi connectivity index (χ0n) is 18.7. The highest BCUT2D eigenvalue weighted by Gasteiger charge is 2.16. The molecule has 1 aliphatic rings. The summed E-state index contributed by atoms with van der Waals surface area (Å²) in [5.41, 5.74) is 2.89. The lowest BCUT2D eigenvalue weighted by Crippen LogP contribution is -2.43. The van der Waals surface area contributed by atoms with Gasteiger partial charge in [-0.25, -0.2) is 4.39 Å². The van der Waals surface area contributed by atoms with Crippen LogP contribution in [0.5, 0.6) is 0 Å². The first-order valence-corrected chi connectivity index (χ1v) is 11.6. The second-order valence-electron chi connectivity index (χ2n) is 8.36. The van der Waals surface area contributed by atoms with Crippen molar-refractivity contribution in [3.8, 4) is 0 Å². The Bertz CT molecular complexity index is 1420. The van der Waals surface area contributed by atoms with Gasteiger partial charge in [0.2, 0.25) is 0 Å². The van der Waals surface area contributed by atoms with Crippen molar-refractivity contribution in [3.63, 3.8) is 0 Å². The van der Waals surface area contributed by atoms with Crippen molar-refractivity contribution in [3.05, 3.63) is 100 Å². The van der Waals surface area contributed by atoms with E-state index in [1.54, 1.807) is 42.5 Å². The van der Waals surface area contributed by atoms with Crippen LogP contribution in [0.2, 0.25) is 5.02 Å². The van der Waals surface area contributed by atoms with E-state index in [1.807, 2.05) is 12.3 Å². The van der Waals surface area contributed by atoms with Crippen LogP contribution in [0.3, 0.4) is 0 Å². The highest BCUT2D eigenvalue weighted by atomic mass is 35.5. The quantitative estimate of drug-likeness (QED) is 0.390. The molecule has 0 unspecified atom stereocenters. The number of piperazine rings is 1. The van der Waals surface area contributed by atoms with E-state index >= 15 is 0 Å². The Morgan fingerprint density at radius 3 is 2.43 bits per heavy atom. The van der Waals surface area contributed by atoms with Crippen LogP contribution in [0.25, 0.3) is 10.9 Å². The zero-order valence-corrected chi connectivity index (χ0v) is 19.5. The molecule has 0 saturated carbocycles. The summed E-state index contributed by atoms with van der Waals surface area (Å²) in [6.07, 6.45) is 1.84. The van der Waals surface area contributed by atoms with Crippen molar-refractivity contribution in [1.82, 2.24) is 10.3 Å². The molecule has 0 spiro atoms. The number of hydrogen-bond acceptors (Lipinski definition) is 5. The van der Waals surface area contributed by atoms with Gasteiger partial charge in [0, 0.05) is 59.0 Å². The van der Waals surface area contributed by atoms with Gasteiger partial charge in [0.1, 0.15) is 5.82 Å². The first kappa shape index (κ1) is 23.0. The van der Waals surface area contributed by atoms with E-state index in [0.29, 0.717) is 16.1 Å². The molecule has 1 aromatic heterocycles. The van der Waals surface area contributed by atoms with Gasteiger partial charge in [-0.3, -0.25) is 14.6 Å². The van der Waals surface area contributed by atoms with Crippen molar-refractivity contribution >= 4 is 45.6 Å². The molecular formula is C27H22ClFN4O2. The van der Waals surface area contributed by atoms with Crippen LogP contribution in [0, 0.1) is 5.82 Å². The Kier molecular flexibility index (Phi) is 6.44. The molecule has 3 aromatic carbocycles. The largest absolute Gasteiger partial charge is 0.368 e. The minimum atomic E-state index is -0.620. The third-order valence-electron chi connectivity index (χ3n) is 5.94. The maximum Gasteiger partial charge on any atom is 0.255 e. The van der Waals surface area contributed by atoms with E-state index < -0.39 is 11.7 Å². The molecule has 0 aliphatic carbocycles. The Labute approximate surface area is 206 Å². The van der Waals surface area contributed by atoms with E-state index in [9.17, 15) is 14.0 Å². The van der Waals surface area contributed by atoms with Crippen LogP contribution >= 0.6 is 11.6 Å². The normalized spacial score (nSPS) is 13.6. The zero-order chi connectivity index (χ0) is 24.4. The monoisotopic (exact) mass is 488 g/mol. The number of pyridine rings is 1. The van der Waals surface area contributed by atoms with Gasteiger partial charge >= 0.3 is 0 Å². The number of nitrogens with zero attached hydrogens (tertiary/aromatic N) is 2. The van der Waals surface area contributed by atoms with Crippen LogP contribution < -0.4 is 15.5 Å². The standard InChI is InChI=1S/C27H22ClFN4O2/c28-21-4-1-17(2-5-21)27(35)32-23-13-20(12-22(29)15-23)26(34)18-3-6-25-19(11-18)14-24(16-31-25)33-9-7-30-8-10-33/h1-6,11-16,30H,7-10H2,(H,32,35). The van der Waals surface area contributed by atoms with Crippen LogP contribution in [-0.2, 0) is 0 Å². The molecule has 1 saturated heterocycles. The van der Waals surface area contributed by atoms with Crippen LogP contribution in [0.15, 0.2) is 72.9 Å². The summed E-state index contributed by atoms with van der Waals surface area (Å²) < 4.78 is 14.4. The third-order valence-corrected chi connectivity index (χ3v) is 6.19. The molecule has 2 heterocycles. The van der Waals surface area contributed by atoms with Gasteiger partial charge in [-0.1, -0.05) is 11.6 Å². The van der Waals surface area contributed by atoms with Crippen molar-refractivity contribution in [1.29, 1.82) is 0 Å². The number of nitrogens with one attached hydrogen (secondary N) is 2. The Hall–Kier alpha value is -3.81. The average Bonchev–Trinajstić information content (AvgIpc) is 2.88. The molecule has 35 heavy (non-hydrogen) atoms. The third kappa shape index (κ3) is 5.16. The van der Waals surface area contributed by atoms with E-state index in [2.05, 4.69) is 20.5 Å². The minimum absolute atomic E-state index is 0.141. The van der Waals surface area contributed by atoms with Crippen molar-refractivity contribution in [2.24, 2.45) is 0 Å². The molecule has 5 rings (SSSR count). The van der Waals surface area contributed by atoms with Crippen molar-refractivity contribution < 1.29 is 14.0 Å².